The Balaban J connectivity index is 1.95. The number of oxime groups is 1. The number of benzene rings is 1. The number of nitrogens with two attached hydrogens (primary N) is 1. The lowest BCUT2D eigenvalue weighted by atomic mass is 10.1. The van der Waals surface area contributed by atoms with Crippen LogP contribution >= 0.6 is 0 Å². The van der Waals surface area contributed by atoms with Crippen LogP contribution in [-0.4, -0.2) is 34.7 Å². The van der Waals surface area contributed by atoms with Crippen molar-refractivity contribution in [3.05, 3.63) is 35.6 Å². The molecule has 1 atom stereocenters. The lowest BCUT2D eigenvalue weighted by Gasteiger charge is -2.15. The van der Waals surface area contributed by atoms with Crippen LogP contribution in [0, 0.1) is 5.82 Å². The quantitative estimate of drug-likeness (QED) is 0.624. The van der Waals surface area contributed by atoms with Crippen molar-refractivity contribution < 1.29 is 19.2 Å². The number of hydrogen-bond donors (Lipinski definition) is 2. The third-order valence-corrected chi connectivity index (χ3v) is 2.54. The molecule has 1 aromatic carbocycles. The van der Waals surface area contributed by atoms with Gasteiger partial charge < -0.3 is 10.6 Å². The first kappa shape index (κ1) is 12.3. The van der Waals surface area contributed by atoms with Gasteiger partial charge in [0.05, 0.1) is 12.3 Å². The average Bonchev–Trinajstić information content (AvgIpc) is 2.78. The van der Waals surface area contributed by atoms with Crippen LogP contribution in [-0.2, 0) is 4.84 Å². The van der Waals surface area contributed by atoms with E-state index in [0.717, 1.165) is 5.56 Å². The Morgan fingerprint density at radius 3 is 2.83 bits per heavy atom. The van der Waals surface area contributed by atoms with Gasteiger partial charge in [0.15, 0.2) is 6.10 Å². The van der Waals surface area contributed by atoms with E-state index < -0.39 is 12.1 Å². The topological polar surface area (TPSA) is 88.2 Å². The molecule has 1 aliphatic heterocycles. The minimum absolute atomic E-state index is 0.0659. The monoisotopic (exact) mass is 253 g/mol. The van der Waals surface area contributed by atoms with E-state index in [1.165, 1.54) is 12.1 Å². The predicted molar refractivity (Wildman–Crippen MR) is 60.5 cm³/mol. The van der Waals surface area contributed by atoms with Gasteiger partial charge in [0.25, 0.3) is 0 Å². The number of halogens is 1. The highest BCUT2D eigenvalue weighted by molar-refractivity contribution is 6.01. The maximum absolute atomic E-state index is 12.7. The van der Waals surface area contributed by atoms with Gasteiger partial charge in [-0.15, -0.1) is 0 Å². The van der Waals surface area contributed by atoms with Crippen LogP contribution in [0.4, 0.5) is 9.18 Å². The highest BCUT2D eigenvalue weighted by atomic mass is 19.1. The molecule has 7 heteroatoms. The number of hydrogen-bond acceptors (Lipinski definition) is 4. The van der Waals surface area contributed by atoms with Crippen molar-refractivity contribution >= 4 is 11.7 Å². The zero-order chi connectivity index (χ0) is 13.1. The Hall–Kier alpha value is -2.15. The molecule has 18 heavy (non-hydrogen) atoms. The van der Waals surface area contributed by atoms with Gasteiger partial charge in [-0.3, -0.25) is 5.21 Å². The third-order valence-electron chi connectivity index (χ3n) is 2.54. The van der Waals surface area contributed by atoms with Gasteiger partial charge in [0.1, 0.15) is 5.82 Å². The van der Waals surface area contributed by atoms with Crippen molar-refractivity contribution in [1.82, 2.24) is 5.06 Å². The summed E-state index contributed by atoms with van der Waals surface area (Å²) in [6.45, 7) is -0.0659. The molecule has 0 fully saturated rings. The first-order valence-corrected chi connectivity index (χ1v) is 5.30. The molecule has 0 saturated heterocycles. The zero-order valence-electron chi connectivity index (χ0n) is 9.41. The second-order valence-corrected chi connectivity index (χ2v) is 3.90. The van der Waals surface area contributed by atoms with Crippen LogP contribution in [0.5, 0.6) is 0 Å². The van der Waals surface area contributed by atoms with E-state index in [0.29, 0.717) is 17.2 Å². The number of rotatable bonds is 3. The predicted octanol–water partition coefficient (Wildman–Crippen LogP) is 1.09. The largest absolute Gasteiger partial charge is 0.390 e. The third kappa shape index (κ3) is 2.75. The van der Waals surface area contributed by atoms with Crippen LogP contribution in [0.15, 0.2) is 29.4 Å². The van der Waals surface area contributed by atoms with Gasteiger partial charge in [0.2, 0.25) is 0 Å². The summed E-state index contributed by atoms with van der Waals surface area (Å²) in [5.41, 5.74) is 6.25. The average molecular weight is 253 g/mol. The first-order chi connectivity index (χ1) is 8.56. The van der Waals surface area contributed by atoms with E-state index in [4.69, 9.17) is 15.8 Å². The summed E-state index contributed by atoms with van der Waals surface area (Å²) in [5, 5.41) is 13.4. The first-order valence-electron chi connectivity index (χ1n) is 5.30. The van der Waals surface area contributed by atoms with Crippen LogP contribution in [0.1, 0.15) is 12.0 Å². The van der Waals surface area contributed by atoms with Crippen molar-refractivity contribution in [3.63, 3.8) is 0 Å². The summed E-state index contributed by atoms with van der Waals surface area (Å²) < 4.78 is 12.7. The summed E-state index contributed by atoms with van der Waals surface area (Å²) >= 11 is 0. The molecule has 1 unspecified atom stereocenters. The molecule has 1 aromatic rings. The molecule has 0 bridgehead atoms. The number of urea groups is 1. The van der Waals surface area contributed by atoms with Gasteiger partial charge in [-0.2, -0.15) is 0 Å². The maximum Gasteiger partial charge on any atom is 0.338 e. The molecule has 0 saturated carbocycles. The second-order valence-electron chi connectivity index (χ2n) is 3.90. The summed E-state index contributed by atoms with van der Waals surface area (Å²) in [5.74, 6) is -0.329. The fourth-order valence-corrected chi connectivity index (χ4v) is 1.62. The van der Waals surface area contributed by atoms with Crippen molar-refractivity contribution in [3.8, 4) is 0 Å². The van der Waals surface area contributed by atoms with Gasteiger partial charge in [0, 0.05) is 6.42 Å². The van der Waals surface area contributed by atoms with Crippen LogP contribution < -0.4 is 5.73 Å². The zero-order valence-corrected chi connectivity index (χ0v) is 9.41. The molecule has 0 aliphatic carbocycles. The number of primary amides is 1. The maximum atomic E-state index is 12.7. The highest BCUT2D eigenvalue weighted by Crippen LogP contribution is 2.17. The van der Waals surface area contributed by atoms with Crippen LogP contribution in [0.2, 0.25) is 0 Å². The molecule has 1 aliphatic rings. The number of nitrogens with zero attached hydrogens (tertiary/aromatic N) is 2. The minimum Gasteiger partial charge on any atom is -0.390 e. The summed E-state index contributed by atoms with van der Waals surface area (Å²) in [7, 11) is 0. The Morgan fingerprint density at radius 2 is 2.22 bits per heavy atom. The molecule has 0 aromatic heterocycles. The lowest BCUT2D eigenvalue weighted by Crippen LogP contribution is -2.38. The fourth-order valence-electron chi connectivity index (χ4n) is 1.62. The van der Waals surface area contributed by atoms with E-state index in [1.807, 2.05) is 0 Å². The van der Waals surface area contributed by atoms with Gasteiger partial charge in [-0.05, 0) is 17.7 Å². The minimum atomic E-state index is -0.950. The molecule has 2 rings (SSSR count). The van der Waals surface area contributed by atoms with Crippen molar-refractivity contribution in [2.75, 3.05) is 6.54 Å². The highest BCUT2D eigenvalue weighted by Gasteiger charge is 2.25. The Kier molecular flexibility index (Phi) is 3.42. The molecule has 3 N–H and O–H groups in total. The summed E-state index contributed by atoms with van der Waals surface area (Å²) in [6.07, 6.45) is -0.0433. The van der Waals surface area contributed by atoms with E-state index in [2.05, 4.69) is 5.16 Å². The van der Waals surface area contributed by atoms with Crippen LogP contribution in [0.25, 0.3) is 0 Å². The van der Waals surface area contributed by atoms with E-state index in [1.54, 1.807) is 12.1 Å². The summed E-state index contributed by atoms with van der Waals surface area (Å²) in [4.78, 5) is 15.7. The number of carbonyl (C=O) groups is 1. The standard InChI is InChI=1S/C11H12FN3O3/c12-8-3-1-7(2-4-8)10-5-9(18-14-10)6-15(17)11(13)16/h1-4,9,17H,5-6H2,(H2,13,16). The van der Waals surface area contributed by atoms with Gasteiger partial charge >= 0.3 is 6.03 Å². The lowest BCUT2D eigenvalue weighted by molar-refractivity contribution is -0.0739. The van der Waals surface area contributed by atoms with Crippen molar-refractivity contribution in [1.29, 1.82) is 0 Å². The fraction of sp³-hybridized carbons (Fsp3) is 0.273. The molecule has 0 spiro atoms. The van der Waals surface area contributed by atoms with Gasteiger partial charge in [-0.1, -0.05) is 17.3 Å². The second kappa shape index (κ2) is 5.01. The Labute approximate surface area is 102 Å². The number of hydroxylamine groups is 2. The van der Waals surface area contributed by atoms with Crippen molar-refractivity contribution in [2.24, 2.45) is 10.9 Å². The SMILES string of the molecule is NC(=O)N(O)CC1CC(c2ccc(F)cc2)=NO1. The summed E-state index contributed by atoms with van der Waals surface area (Å²) in [6, 6.07) is 4.88. The smallest absolute Gasteiger partial charge is 0.338 e. The molecule has 6 nitrogen and oxygen atoms in total. The van der Waals surface area contributed by atoms with Crippen molar-refractivity contribution in [2.45, 2.75) is 12.5 Å². The molecular weight excluding hydrogens is 241 g/mol. The molecule has 96 valence electrons. The van der Waals surface area contributed by atoms with E-state index in [-0.39, 0.29) is 12.4 Å². The van der Waals surface area contributed by atoms with E-state index >= 15 is 0 Å². The number of amides is 2. The molecule has 0 radical (unpaired) electrons. The molecule has 2 amide bonds. The Morgan fingerprint density at radius 1 is 1.56 bits per heavy atom. The van der Waals surface area contributed by atoms with Crippen LogP contribution in [0.3, 0.4) is 0 Å². The molecular formula is C11H12FN3O3. The Bertz CT molecular complexity index is 475. The van der Waals surface area contributed by atoms with E-state index in [9.17, 15) is 9.18 Å². The van der Waals surface area contributed by atoms with Gasteiger partial charge in [-0.25, -0.2) is 14.2 Å². The molecule has 1 heterocycles. The normalized spacial score (nSPS) is 18.1. The number of carbonyl (C=O) groups excluding carboxylic acids is 1.